The molecule has 3 aromatic carbocycles. The third-order valence-corrected chi connectivity index (χ3v) is 9.92. The maximum absolute atomic E-state index is 2.47. The molecule has 0 aliphatic carbocycles. The standard InChI is InChI=1S/C24H23NSe2/c1-2-25-23-9-7-19-11-21(23)22-12-20(8-10-24(22)25)16-27-14-18-4-3-17(5-6-18)13-26-15-19/h3-12H,2,13-16H2,1H3. The molecule has 6 bridgehead atoms. The Morgan fingerprint density at radius 1 is 0.630 bits per heavy atom. The number of aryl methyl sites for hydroxylation is 1. The van der Waals surface area contributed by atoms with Crippen LogP contribution in [0.2, 0.25) is 0 Å². The van der Waals surface area contributed by atoms with Gasteiger partial charge in [0.05, 0.1) is 0 Å². The summed E-state index contributed by atoms with van der Waals surface area (Å²) in [6.07, 6.45) is 0. The van der Waals surface area contributed by atoms with Crippen molar-refractivity contribution < 1.29 is 0 Å². The average molecular weight is 483 g/mol. The van der Waals surface area contributed by atoms with E-state index in [1.165, 1.54) is 65.3 Å². The van der Waals surface area contributed by atoms with Gasteiger partial charge in [-0.05, 0) is 0 Å². The minimum absolute atomic E-state index is 0.616. The quantitative estimate of drug-likeness (QED) is 0.338. The van der Waals surface area contributed by atoms with Gasteiger partial charge < -0.3 is 0 Å². The van der Waals surface area contributed by atoms with Gasteiger partial charge >= 0.3 is 174 Å². The number of fused-ring (bicyclic) bond motifs is 6. The second-order valence-electron chi connectivity index (χ2n) is 7.25. The van der Waals surface area contributed by atoms with E-state index in [2.05, 4.69) is 72.2 Å². The number of hydrogen-bond donors (Lipinski definition) is 0. The molecule has 2 aliphatic rings. The second-order valence-corrected chi connectivity index (χ2v) is 11.4. The molecule has 2 aliphatic heterocycles. The van der Waals surface area contributed by atoms with Crippen LogP contribution in [0.15, 0.2) is 60.7 Å². The van der Waals surface area contributed by atoms with Crippen LogP contribution in [0.3, 0.4) is 0 Å². The van der Waals surface area contributed by atoms with Gasteiger partial charge in [-0.15, -0.1) is 0 Å². The summed E-state index contributed by atoms with van der Waals surface area (Å²) in [5, 5.41) is 7.79. The summed E-state index contributed by atoms with van der Waals surface area (Å²) in [5.74, 6) is 0. The Kier molecular flexibility index (Phi) is 4.88. The van der Waals surface area contributed by atoms with Crippen LogP contribution in [0, 0.1) is 0 Å². The van der Waals surface area contributed by atoms with Crippen molar-refractivity contribution in [3.63, 3.8) is 0 Å². The molecule has 0 fully saturated rings. The van der Waals surface area contributed by atoms with Gasteiger partial charge in [0.1, 0.15) is 0 Å². The van der Waals surface area contributed by atoms with E-state index in [0.29, 0.717) is 29.9 Å². The molecule has 0 spiro atoms. The van der Waals surface area contributed by atoms with E-state index in [9.17, 15) is 0 Å². The Hall–Kier alpha value is -1.50. The van der Waals surface area contributed by atoms with E-state index < -0.39 is 0 Å². The molecule has 1 aromatic heterocycles. The Morgan fingerprint density at radius 3 is 1.48 bits per heavy atom. The third kappa shape index (κ3) is 3.39. The van der Waals surface area contributed by atoms with E-state index in [-0.39, 0.29) is 0 Å². The Labute approximate surface area is 173 Å². The molecule has 0 unspecified atom stereocenters. The number of hydrogen-bond acceptors (Lipinski definition) is 0. The zero-order valence-electron chi connectivity index (χ0n) is 15.6. The molecule has 0 saturated carbocycles. The third-order valence-electron chi connectivity index (χ3n) is 5.41. The van der Waals surface area contributed by atoms with Crippen LogP contribution >= 0.6 is 0 Å². The van der Waals surface area contributed by atoms with Crippen molar-refractivity contribution >= 4 is 51.7 Å². The fourth-order valence-electron chi connectivity index (χ4n) is 4.02. The zero-order valence-corrected chi connectivity index (χ0v) is 19.0. The first-order valence-corrected chi connectivity index (χ1v) is 14.4. The van der Waals surface area contributed by atoms with E-state index >= 15 is 0 Å². The number of nitrogens with zero attached hydrogens (tertiary/aromatic N) is 1. The fourth-order valence-corrected chi connectivity index (χ4v) is 7.99. The molecule has 0 amide bonds. The van der Waals surface area contributed by atoms with Crippen LogP contribution in [0.1, 0.15) is 29.2 Å². The average Bonchev–Trinajstić information content (AvgIpc) is 3.01. The molecule has 0 saturated heterocycles. The summed E-state index contributed by atoms with van der Waals surface area (Å²) in [7, 11) is 0. The van der Waals surface area contributed by atoms with Gasteiger partial charge in [-0.3, -0.25) is 0 Å². The van der Waals surface area contributed by atoms with E-state index in [4.69, 9.17) is 0 Å². The Bertz CT molecular complexity index is 1020. The monoisotopic (exact) mass is 485 g/mol. The van der Waals surface area contributed by atoms with Crippen LogP contribution in [-0.4, -0.2) is 34.5 Å². The molecule has 0 radical (unpaired) electrons. The molecule has 0 N–H and O–H groups in total. The van der Waals surface area contributed by atoms with Crippen molar-refractivity contribution in [3.05, 3.63) is 82.9 Å². The van der Waals surface area contributed by atoms with Crippen molar-refractivity contribution in [2.24, 2.45) is 0 Å². The molecular formula is C24H23NSe2. The first kappa shape index (κ1) is 17.6. The van der Waals surface area contributed by atoms with Gasteiger partial charge in [0, 0.05) is 0 Å². The van der Waals surface area contributed by atoms with Crippen molar-refractivity contribution in [2.75, 3.05) is 0 Å². The van der Waals surface area contributed by atoms with Gasteiger partial charge in [0.2, 0.25) is 0 Å². The van der Waals surface area contributed by atoms with Crippen molar-refractivity contribution in [2.45, 2.75) is 34.7 Å². The molecular weight excluding hydrogens is 460 g/mol. The van der Waals surface area contributed by atoms with E-state index in [1.54, 1.807) is 0 Å². The SMILES string of the molecule is CCn1c2ccc3cc2c2cc(ccc21)C[Se]Cc1ccc(cc1)C[Se]C3. The molecule has 3 heterocycles. The van der Waals surface area contributed by atoms with Crippen molar-refractivity contribution in [3.8, 4) is 0 Å². The second kappa shape index (κ2) is 7.49. The molecule has 4 aromatic rings. The summed E-state index contributed by atoms with van der Waals surface area (Å²) in [6.45, 7) is 3.28. The van der Waals surface area contributed by atoms with Gasteiger partial charge in [-0.2, -0.15) is 0 Å². The summed E-state index contributed by atoms with van der Waals surface area (Å²) in [6, 6.07) is 23.8. The zero-order chi connectivity index (χ0) is 18.2. The summed E-state index contributed by atoms with van der Waals surface area (Å²) in [4.78, 5) is 0. The van der Waals surface area contributed by atoms with Crippen molar-refractivity contribution in [1.82, 2.24) is 4.57 Å². The normalized spacial score (nSPS) is 14.9. The fraction of sp³-hybridized carbons (Fsp3) is 0.250. The molecule has 1 nitrogen and oxygen atoms in total. The van der Waals surface area contributed by atoms with Gasteiger partial charge in [0.25, 0.3) is 0 Å². The summed E-state index contributed by atoms with van der Waals surface area (Å²) >= 11 is 1.23. The van der Waals surface area contributed by atoms with Crippen LogP contribution < -0.4 is 0 Å². The van der Waals surface area contributed by atoms with Crippen LogP contribution in [-0.2, 0) is 27.8 Å². The topological polar surface area (TPSA) is 4.93 Å². The number of aromatic nitrogens is 1. The predicted molar refractivity (Wildman–Crippen MR) is 118 cm³/mol. The Balaban J connectivity index is 1.63. The maximum atomic E-state index is 2.47. The van der Waals surface area contributed by atoms with Crippen molar-refractivity contribution in [1.29, 1.82) is 0 Å². The Morgan fingerprint density at radius 2 is 1.04 bits per heavy atom. The van der Waals surface area contributed by atoms with E-state index in [0.717, 1.165) is 6.54 Å². The van der Waals surface area contributed by atoms with Gasteiger partial charge in [-0.1, -0.05) is 0 Å². The predicted octanol–water partition coefficient (Wildman–Crippen LogP) is 4.94. The van der Waals surface area contributed by atoms with Crippen LogP contribution in [0.25, 0.3) is 21.8 Å². The van der Waals surface area contributed by atoms with Gasteiger partial charge in [-0.25, -0.2) is 0 Å². The van der Waals surface area contributed by atoms with E-state index in [1.807, 2.05) is 0 Å². The first-order valence-electron chi connectivity index (χ1n) is 9.59. The molecule has 136 valence electrons. The number of rotatable bonds is 1. The first-order chi connectivity index (χ1) is 13.3. The minimum atomic E-state index is 0.616. The van der Waals surface area contributed by atoms with Crippen LogP contribution in [0.5, 0.6) is 0 Å². The molecule has 0 atom stereocenters. The summed E-state index contributed by atoms with van der Waals surface area (Å²) < 4.78 is 2.47. The molecule has 6 rings (SSSR count). The number of benzene rings is 3. The summed E-state index contributed by atoms with van der Waals surface area (Å²) in [5.41, 5.74) is 8.78. The van der Waals surface area contributed by atoms with Crippen LogP contribution in [0.4, 0.5) is 0 Å². The van der Waals surface area contributed by atoms with Gasteiger partial charge in [0.15, 0.2) is 0 Å². The molecule has 27 heavy (non-hydrogen) atoms. The molecule has 3 heteroatoms.